The molecule has 3 unspecified atom stereocenters. The van der Waals surface area contributed by atoms with Crippen molar-refractivity contribution in [2.24, 2.45) is 23.7 Å². The van der Waals surface area contributed by atoms with Crippen molar-refractivity contribution in [2.45, 2.75) is 76.5 Å². The summed E-state index contributed by atoms with van der Waals surface area (Å²) in [5.41, 5.74) is 3.27. The Morgan fingerprint density at radius 1 is 1.10 bits per heavy atom. The first-order valence-electron chi connectivity index (χ1n) is 15.0. The van der Waals surface area contributed by atoms with Crippen molar-refractivity contribution in [2.75, 3.05) is 23.8 Å². The lowest BCUT2D eigenvalue weighted by molar-refractivity contribution is -0.141. The van der Waals surface area contributed by atoms with Gasteiger partial charge in [0.1, 0.15) is 11.8 Å². The molecule has 3 N–H and O–H groups in total. The molecule has 42 heavy (non-hydrogen) atoms. The van der Waals surface area contributed by atoms with Crippen molar-refractivity contribution in [1.82, 2.24) is 4.90 Å². The van der Waals surface area contributed by atoms with Crippen molar-refractivity contribution in [1.29, 1.82) is 0 Å². The van der Waals surface area contributed by atoms with E-state index >= 15 is 0 Å². The Labute approximate surface area is 253 Å². The number of likely N-dealkylation sites (tertiary alicyclic amines) is 1. The van der Waals surface area contributed by atoms with Gasteiger partial charge < -0.3 is 25.4 Å². The highest BCUT2D eigenvalue weighted by Crippen LogP contribution is 2.69. The Morgan fingerprint density at radius 2 is 1.76 bits per heavy atom. The molecule has 3 fully saturated rings. The number of amides is 3. The molecular weight excluding hydrogens is 550 g/mol. The zero-order valence-corrected chi connectivity index (χ0v) is 26.2. The van der Waals surface area contributed by atoms with Crippen LogP contribution in [0, 0.1) is 37.5 Å². The second-order valence-electron chi connectivity index (χ2n) is 12.5. The van der Waals surface area contributed by atoms with E-state index in [1.807, 2.05) is 65.0 Å². The predicted octanol–water partition coefficient (Wildman–Crippen LogP) is 5.02. The van der Waals surface area contributed by atoms with Crippen molar-refractivity contribution < 1.29 is 24.2 Å². The smallest absolute Gasteiger partial charge is 0.248 e. The maximum Gasteiger partial charge on any atom is 0.248 e. The molecule has 9 heteroatoms. The number of ether oxygens (including phenoxy) is 1. The van der Waals surface area contributed by atoms with Crippen LogP contribution in [0.5, 0.6) is 5.75 Å². The van der Waals surface area contributed by atoms with Gasteiger partial charge in [-0.05, 0) is 80.8 Å². The molecule has 0 aliphatic carbocycles. The summed E-state index contributed by atoms with van der Waals surface area (Å²) in [5.74, 6) is -0.938. The van der Waals surface area contributed by atoms with Crippen LogP contribution in [0.3, 0.4) is 0 Å². The Balaban J connectivity index is 1.52. The maximum absolute atomic E-state index is 14.5. The number of nitrogens with one attached hydrogen (secondary N) is 2. The molecule has 2 aromatic carbocycles. The molecule has 0 aromatic heterocycles. The van der Waals surface area contributed by atoms with Crippen LogP contribution in [0.1, 0.15) is 51.7 Å². The van der Waals surface area contributed by atoms with Gasteiger partial charge >= 0.3 is 0 Å². The minimum atomic E-state index is -0.807. The quantitative estimate of drug-likeness (QED) is 0.357. The Kier molecular flexibility index (Phi) is 8.63. The second kappa shape index (κ2) is 11.9. The Bertz CT molecular complexity index is 1330. The second-order valence-corrected chi connectivity index (χ2v) is 14.0. The van der Waals surface area contributed by atoms with Crippen molar-refractivity contribution in [3.8, 4) is 5.75 Å². The maximum atomic E-state index is 14.5. The summed E-state index contributed by atoms with van der Waals surface area (Å²) in [7, 11) is 0. The fraction of sp³-hybridized carbons (Fsp3) is 0.545. The number of carbonyl (C=O) groups is 3. The highest BCUT2D eigenvalue weighted by Gasteiger charge is 2.76. The van der Waals surface area contributed by atoms with Crippen LogP contribution in [-0.2, 0) is 14.4 Å². The van der Waals surface area contributed by atoms with E-state index in [2.05, 4.69) is 17.6 Å². The molecule has 5 rings (SSSR count). The van der Waals surface area contributed by atoms with Crippen LogP contribution in [0.4, 0.5) is 11.4 Å². The molecular formula is C33H43N3O5S. The first-order chi connectivity index (χ1) is 20.0. The molecule has 3 aliphatic heterocycles. The van der Waals surface area contributed by atoms with Gasteiger partial charge in [-0.25, -0.2) is 0 Å². The standard InChI is InChI=1S/C33H43N3O5S/c1-7-41-24-13-11-22(12-14-24)34-30(38)26-25-16-21(6)33(42-25)27(26)32(40)36(23(17-37)15-18(2)3)29(33)31(39)35-28-19(4)9-8-10-20(28)5/h8-14,18,21,23,25-27,29,37H,7,15-17H2,1-6H3,(H,34,38)(H,35,39)/t21?,23-,25-,26+,27+,29?,33?/m1/s1. The van der Waals surface area contributed by atoms with Gasteiger partial charge in [-0.2, -0.15) is 0 Å². The minimum Gasteiger partial charge on any atom is -0.494 e. The summed E-state index contributed by atoms with van der Waals surface area (Å²) in [4.78, 5) is 44.5. The molecule has 3 heterocycles. The van der Waals surface area contributed by atoms with Gasteiger partial charge in [0, 0.05) is 16.6 Å². The molecule has 2 bridgehead atoms. The molecule has 0 saturated carbocycles. The third-order valence-corrected chi connectivity index (χ3v) is 11.3. The molecule has 0 radical (unpaired) electrons. The molecule has 7 atom stereocenters. The highest BCUT2D eigenvalue weighted by atomic mass is 32.2. The fourth-order valence-electron chi connectivity index (χ4n) is 7.50. The number of fused-ring (bicyclic) bond motifs is 1. The lowest BCUT2D eigenvalue weighted by Crippen LogP contribution is -2.57. The Morgan fingerprint density at radius 3 is 2.36 bits per heavy atom. The summed E-state index contributed by atoms with van der Waals surface area (Å²) in [5, 5.41) is 16.7. The van der Waals surface area contributed by atoms with Crippen LogP contribution < -0.4 is 15.4 Å². The zero-order valence-electron chi connectivity index (χ0n) is 25.3. The number of benzene rings is 2. The monoisotopic (exact) mass is 593 g/mol. The number of hydrogen-bond acceptors (Lipinski definition) is 6. The molecule has 226 valence electrons. The van der Waals surface area contributed by atoms with Crippen LogP contribution in [0.25, 0.3) is 0 Å². The number of thioether (sulfide) groups is 1. The number of para-hydroxylation sites is 1. The largest absolute Gasteiger partial charge is 0.494 e. The van der Waals surface area contributed by atoms with E-state index < -0.39 is 28.7 Å². The number of hydrogen-bond donors (Lipinski definition) is 3. The van der Waals surface area contributed by atoms with Crippen LogP contribution >= 0.6 is 11.8 Å². The summed E-state index contributed by atoms with van der Waals surface area (Å²) >= 11 is 1.64. The number of carbonyl (C=O) groups excluding carboxylic acids is 3. The number of aliphatic hydroxyl groups excluding tert-OH is 1. The van der Waals surface area contributed by atoms with E-state index in [0.717, 1.165) is 29.0 Å². The summed E-state index contributed by atoms with van der Waals surface area (Å²) < 4.78 is 4.76. The number of rotatable bonds is 10. The normalized spacial score (nSPS) is 28.6. The van der Waals surface area contributed by atoms with Gasteiger partial charge in [0.05, 0.1) is 35.8 Å². The fourth-order valence-corrected chi connectivity index (χ4v) is 9.91. The molecule has 3 saturated heterocycles. The molecule has 1 spiro atoms. The number of aliphatic hydroxyl groups is 1. The van der Waals surface area contributed by atoms with E-state index in [0.29, 0.717) is 18.7 Å². The van der Waals surface area contributed by atoms with Crippen LogP contribution in [0.2, 0.25) is 0 Å². The SMILES string of the molecule is CCOc1ccc(NC(=O)[C@@H]2[C@H]3C(=O)N([C@@H](CO)CC(C)C)C(C(=O)Nc4c(C)cccc4C)C34S[C@@H]2CC4C)cc1. The molecule has 8 nitrogen and oxygen atoms in total. The molecule has 2 aromatic rings. The number of anilines is 2. The third-order valence-electron chi connectivity index (χ3n) is 9.24. The third kappa shape index (κ3) is 5.08. The van der Waals surface area contributed by atoms with Crippen LogP contribution in [0.15, 0.2) is 42.5 Å². The minimum absolute atomic E-state index is 0.0353. The average molecular weight is 594 g/mol. The van der Waals surface area contributed by atoms with Gasteiger partial charge in [0.15, 0.2) is 0 Å². The average Bonchev–Trinajstić information content (AvgIpc) is 3.54. The molecule has 3 aliphatic rings. The van der Waals surface area contributed by atoms with E-state index in [9.17, 15) is 19.5 Å². The number of aryl methyl sites for hydroxylation is 2. The lowest BCUT2D eigenvalue weighted by Gasteiger charge is -2.40. The predicted molar refractivity (Wildman–Crippen MR) is 167 cm³/mol. The van der Waals surface area contributed by atoms with E-state index in [-0.39, 0.29) is 41.4 Å². The Hall–Kier alpha value is -3.04. The van der Waals surface area contributed by atoms with Gasteiger partial charge in [0.2, 0.25) is 17.7 Å². The van der Waals surface area contributed by atoms with Crippen molar-refractivity contribution in [3.05, 3.63) is 53.6 Å². The van der Waals surface area contributed by atoms with E-state index in [1.54, 1.807) is 28.8 Å². The number of nitrogens with zero attached hydrogens (tertiary/aromatic N) is 1. The zero-order chi connectivity index (χ0) is 30.3. The summed E-state index contributed by atoms with van der Waals surface area (Å²) in [6.07, 6.45) is 1.30. The van der Waals surface area contributed by atoms with E-state index in [4.69, 9.17) is 4.74 Å². The highest BCUT2D eigenvalue weighted by molar-refractivity contribution is 8.02. The van der Waals surface area contributed by atoms with Gasteiger partial charge in [-0.3, -0.25) is 14.4 Å². The van der Waals surface area contributed by atoms with Gasteiger partial charge in [-0.15, -0.1) is 11.8 Å². The van der Waals surface area contributed by atoms with Crippen molar-refractivity contribution >= 4 is 40.9 Å². The van der Waals surface area contributed by atoms with Gasteiger partial charge in [-0.1, -0.05) is 39.0 Å². The summed E-state index contributed by atoms with van der Waals surface area (Å²) in [6.45, 7) is 12.3. The summed E-state index contributed by atoms with van der Waals surface area (Å²) in [6, 6.07) is 11.8. The molecule has 3 amide bonds. The van der Waals surface area contributed by atoms with Crippen molar-refractivity contribution in [3.63, 3.8) is 0 Å². The first-order valence-corrected chi connectivity index (χ1v) is 15.9. The van der Waals surface area contributed by atoms with Gasteiger partial charge in [0.25, 0.3) is 0 Å². The van der Waals surface area contributed by atoms with E-state index in [1.165, 1.54) is 0 Å². The first kappa shape index (κ1) is 30.4. The topological polar surface area (TPSA) is 108 Å². The lowest BCUT2D eigenvalue weighted by atomic mass is 9.65. The van der Waals surface area contributed by atoms with Crippen LogP contribution in [-0.4, -0.2) is 63.0 Å².